The van der Waals surface area contributed by atoms with Gasteiger partial charge in [0.05, 0.1) is 12.5 Å². The summed E-state index contributed by atoms with van der Waals surface area (Å²) >= 11 is 0. The van der Waals surface area contributed by atoms with Crippen molar-refractivity contribution in [3.05, 3.63) is 35.4 Å². The molecule has 0 heterocycles. The van der Waals surface area contributed by atoms with Crippen molar-refractivity contribution >= 4 is 29.9 Å². The summed E-state index contributed by atoms with van der Waals surface area (Å²) in [6.45, 7) is 2.22. The van der Waals surface area contributed by atoms with E-state index in [1.54, 1.807) is 0 Å². The number of nitrogens with zero attached hydrogens (tertiary/aromatic N) is 1. The maximum absolute atomic E-state index is 13.6. The minimum absolute atomic E-state index is 0. The van der Waals surface area contributed by atoms with Gasteiger partial charge in [-0.05, 0) is 44.4 Å². The van der Waals surface area contributed by atoms with Crippen molar-refractivity contribution in [3.8, 4) is 0 Å². The lowest BCUT2D eigenvalue weighted by molar-refractivity contribution is -0.183. The number of alkyl halides is 3. The van der Waals surface area contributed by atoms with Crippen molar-refractivity contribution in [2.75, 3.05) is 6.54 Å². The van der Waals surface area contributed by atoms with Gasteiger partial charge in [0.1, 0.15) is 11.6 Å². The molecular weight excluding hydrogens is 468 g/mol. The van der Waals surface area contributed by atoms with E-state index >= 15 is 0 Å². The van der Waals surface area contributed by atoms with Crippen LogP contribution in [0.25, 0.3) is 0 Å². The van der Waals surface area contributed by atoms with Crippen molar-refractivity contribution in [1.82, 2.24) is 10.6 Å². The van der Waals surface area contributed by atoms with Crippen LogP contribution >= 0.6 is 24.0 Å². The monoisotopic (exact) mass is 491 g/mol. The molecule has 3 nitrogen and oxygen atoms in total. The van der Waals surface area contributed by atoms with Gasteiger partial charge in [0, 0.05) is 18.2 Å². The topological polar surface area (TPSA) is 36.4 Å². The Balaban J connectivity index is 0.00000338. The van der Waals surface area contributed by atoms with Gasteiger partial charge in [-0.2, -0.15) is 13.2 Å². The van der Waals surface area contributed by atoms with E-state index in [-0.39, 0.29) is 55.0 Å². The molecule has 1 aliphatic carbocycles. The number of hydrogen-bond donors (Lipinski definition) is 2. The molecule has 0 spiro atoms. The van der Waals surface area contributed by atoms with Gasteiger partial charge in [-0.3, -0.25) is 0 Å². The number of halogens is 6. The number of aliphatic imine (C=N–C) groups is 1. The SMILES string of the molecule is CCNC(=NCc1cc(F)ccc1F)NC1CCCC(C(F)(F)F)C1.I. The third-order valence-corrected chi connectivity index (χ3v) is 4.24. The van der Waals surface area contributed by atoms with Crippen molar-refractivity contribution in [2.45, 2.75) is 51.4 Å². The molecule has 148 valence electrons. The molecule has 0 amide bonds. The Morgan fingerprint density at radius 1 is 1.23 bits per heavy atom. The Morgan fingerprint density at radius 3 is 2.62 bits per heavy atom. The Labute approximate surface area is 166 Å². The van der Waals surface area contributed by atoms with Crippen molar-refractivity contribution in [1.29, 1.82) is 0 Å². The predicted octanol–water partition coefficient (Wildman–Crippen LogP) is 4.76. The van der Waals surface area contributed by atoms with Crippen molar-refractivity contribution in [3.63, 3.8) is 0 Å². The lowest BCUT2D eigenvalue weighted by Crippen LogP contribution is -2.46. The second-order valence-electron chi connectivity index (χ2n) is 6.18. The summed E-state index contributed by atoms with van der Waals surface area (Å²) in [4.78, 5) is 4.17. The third-order valence-electron chi connectivity index (χ3n) is 4.24. The van der Waals surface area contributed by atoms with E-state index in [1.165, 1.54) is 0 Å². The Bertz CT molecular complexity index is 607. The third kappa shape index (κ3) is 6.88. The van der Waals surface area contributed by atoms with Crippen LogP contribution in [0.1, 0.15) is 38.2 Å². The summed E-state index contributed by atoms with van der Waals surface area (Å²) in [7, 11) is 0. The average Bonchev–Trinajstić information content (AvgIpc) is 2.55. The van der Waals surface area contributed by atoms with Crippen LogP contribution in [0.4, 0.5) is 22.0 Å². The Hall–Kier alpha value is -1.13. The largest absolute Gasteiger partial charge is 0.391 e. The summed E-state index contributed by atoms with van der Waals surface area (Å²) < 4.78 is 65.5. The van der Waals surface area contributed by atoms with Crippen molar-refractivity contribution in [2.24, 2.45) is 10.9 Å². The summed E-state index contributed by atoms with van der Waals surface area (Å²) in [6.07, 6.45) is -2.96. The summed E-state index contributed by atoms with van der Waals surface area (Å²) in [5, 5.41) is 5.92. The van der Waals surface area contributed by atoms with E-state index in [2.05, 4.69) is 15.6 Å². The molecular formula is C17H23F5IN3. The predicted molar refractivity (Wildman–Crippen MR) is 102 cm³/mol. The quantitative estimate of drug-likeness (QED) is 0.276. The minimum Gasteiger partial charge on any atom is -0.357 e. The molecule has 1 aromatic rings. The van der Waals surface area contributed by atoms with E-state index in [9.17, 15) is 22.0 Å². The number of hydrogen-bond acceptors (Lipinski definition) is 1. The zero-order valence-corrected chi connectivity index (χ0v) is 16.7. The standard InChI is InChI=1S/C17H22F5N3.HI/c1-2-23-16(24-10-11-8-13(18)6-7-15(11)19)25-14-5-3-4-12(9-14)17(20,21)22;/h6-8,12,14H,2-5,9-10H2,1H3,(H2,23,24,25);1H. The van der Waals surface area contributed by atoms with E-state index in [1.807, 2.05) is 6.92 Å². The van der Waals surface area contributed by atoms with Crippen LogP contribution in [0.3, 0.4) is 0 Å². The highest BCUT2D eigenvalue weighted by Crippen LogP contribution is 2.37. The fourth-order valence-corrected chi connectivity index (χ4v) is 2.96. The highest BCUT2D eigenvalue weighted by molar-refractivity contribution is 14.0. The Kier molecular flexibility index (Phi) is 9.05. The lowest BCUT2D eigenvalue weighted by atomic mass is 9.85. The first-order chi connectivity index (χ1) is 11.8. The molecule has 0 aliphatic heterocycles. The number of guanidine groups is 1. The summed E-state index contributed by atoms with van der Waals surface area (Å²) in [5.74, 6) is -2.15. The molecule has 0 radical (unpaired) electrons. The maximum atomic E-state index is 13.6. The smallest absolute Gasteiger partial charge is 0.357 e. The van der Waals surface area contributed by atoms with Crippen LogP contribution in [-0.4, -0.2) is 24.7 Å². The van der Waals surface area contributed by atoms with Gasteiger partial charge in [-0.1, -0.05) is 6.42 Å². The first kappa shape index (κ1) is 22.9. The van der Waals surface area contributed by atoms with Gasteiger partial charge >= 0.3 is 6.18 Å². The van der Waals surface area contributed by atoms with E-state index in [0.29, 0.717) is 25.3 Å². The molecule has 1 aliphatic rings. The maximum Gasteiger partial charge on any atom is 0.391 e. The molecule has 0 bridgehead atoms. The highest BCUT2D eigenvalue weighted by Gasteiger charge is 2.42. The normalized spacial score (nSPS) is 21.1. The first-order valence-electron chi connectivity index (χ1n) is 8.35. The lowest BCUT2D eigenvalue weighted by Gasteiger charge is -2.31. The van der Waals surface area contributed by atoms with E-state index < -0.39 is 23.7 Å². The molecule has 2 N–H and O–H groups in total. The van der Waals surface area contributed by atoms with Crippen LogP contribution in [0.15, 0.2) is 23.2 Å². The summed E-state index contributed by atoms with van der Waals surface area (Å²) in [6, 6.07) is 2.75. The minimum atomic E-state index is -4.19. The number of benzene rings is 1. The van der Waals surface area contributed by atoms with Crippen LogP contribution in [-0.2, 0) is 6.54 Å². The number of rotatable bonds is 4. The van der Waals surface area contributed by atoms with Crippen LogP contribution in [0, 0.1) is 17.6 Å². The Morgan fingerprint density at radius 2 is 1.96 bits per heavy atom. The second-order valence-corrected chi connectivity index (χ2v) is 6.18. The molecule has 9 heteroatoms. The fraction of sp³-hybridized carbons (Fsp3) is 0.588. The van der Waals surface area contributed by atoms with E-state index in [0.717, 1.165) is 18.2 Å². The van der Waals surface area contributed by atoms with Crippen LogP contribution < -0.4 is 10.6 Å². The second kappa shape index (κ2) is 10.3. The first-order valence-corrected chi connectivity index (χ1v) is 8.35. The molecule has 2 rings (SSSR count). The molecule has 0 aromatic heterocycles. The molecule has 2 atom stereocenters. The van der Waals surface area contributed by atoms with Crippen LogP contribution in [0.5, 0.6) is 0 Å². The highest BCUT2D eigenvalue weighted by atomic mass is 127. The average molecular weight is 491 g/mol. The zero-order chi connectivity index (χ0) is 18.4. The molecule has 26 heavy (non-hydrogen) atoms. The van der Waals surface area contributed by atoms with Gasteiger partial charge in [-0.15, -0.1) is 24.0 Å². The molecule has 1 aromatic carbocycles. The fourth-order valence-electron chi connectivity index (χ4n) is 2.96. The summed E-state index contributed by atoms with van der Waals surface area (Å²) in [5.41, 5.74) is 0.0917. The molecule has 2 unspecified atom stereocenters. The van der Waals surface area contributed by atoms with Gasteiger partial charge in [0.25, 0.3) is 0 Å². The van der Waals surface area contributed by atoms with E-state index in [4.69, 9.17) is 0 Å². The van der Waals surface area contributed by atoms with Crippen molar-refractivity contribution < 1.29 is 22.0 Å². The molecule has 1 saturated carbocycles. The number of nitrogens with one attached hydrogen (secondary N) is 2. The molecule has 1 fully saturated rings. The zero-order valence-electron chi connectivity index (χ0n) is 14.4. The van der Waals surface area contributed by atoms with Gasteiger partial charge in [0.2, 0.25) is 0 Å². The van der Waals surface area contributed by atoms with Gasteiger partial charge in [0.15, 0.2) is 5.96 Å². The van der Waals surface area contributed by atoms with Gasteiger partial charge in [-0.25, -0.2) is 13.8 Å². The van der Waals surface area contributed by atoms with Crippen LogP contribution in [0.2, 0.25) is 0 Å². The van der Waals surface area contributed by atoms with Gasteiger partial charge < -0.3 is 10.6 Å². The molecule has 0 saturated heterocycles.